The quantitative estimate of drug-likeness (QED) is 0.487. The number of hydrogen-bond donors (Lipinski definition) is 1. The number of ether oxygens (including phenoxy) is 1. The van der Waals surface area contributed by atoms with Crippen molar-refractivity contribution in [1.29, 1.82) is 0 Å². The maximum absolute atomic E-state index is 12.3. The van der Waals surface area contributed by atoms with Gasteiger partial charge in [-0.05, 0) is 43.7 Å². The van der Waals surface area contributed by atoms with E-state index in [-0.39, 0.29) is 11.7 Å². The van der Waals surface area contributed by atoms with Crippen LogP contribution < -0.4 is 10.1 Å². The van der Waals surface area contributed by atoms with Crippen molar-refractivity contribution in [3.8, 4) is 5.75 Å². The zero-order valence-corrected chi connectivity index (χ0v) is 17.3. The van der Waals surface area contributed by atoms with Crippen molar-refractivity contribution in [3.05, 3.63) is 45.9 Å². The number of nitrogens with zero attached hydrogens (tertiary/aromatic N) is 1. The van der Waals surface area contributed by atoms with Crippen LogP contribution in [0.4, 0.5) is 5.69 Å². The molecule has 8 heteroatoms. The molecule has 0 aliphatic rings. The molecule has 3 rings (SSSR count). The van der Waals surface area contributed by atoms with Gasteiger partial charge in [0, 0.05) is 0 Å². The van der Waals surface area contributed by atoms with E-state index >= 15 is 0 Å². The predicted octanol–water partition coefficient (Wildman–Crippen LogP) is 6.04. The van der Waals surface area contributed by atoms with Gasteiger partial charge in [-0.1, -0.05) is 41.0 Å². The van der Waals surface area contributed by atoms with Crippen molar-refractivity contribution >= 4 is 68.1 Å². The molecule has 0 bridgehead atoms. The molecule has 0 spiro atoms. The highest BCUT2D eigenvalue weighted by Crippen LogP contribution is 2.34. The lowest BCUT2D eigenvalue weighted by atomic mass is 10.2. The van der Waals surface area contributed by atoms with E-state index in [0.717, 1.165) is 25.9 Å². The molecule has 0 saturated heterocycles. The first-order valence-corrected chi connectivity index (χ1v) is 10.4. The van der Waals surface area contributed by atoms with Crippen LogP contribution in [0.3, 0.4) is 0 Å². The molecule has 0 fully saturated rings. The summed E-state index contributed by atoms with van der Waals surface area (Å²) in [5, 5.41) is 3.66. The predicted molar refractivity (Wildman–Crippen MR) is 111 cm³/mol. The maximum atomic E-state index is 12.3. The average molecular weight is 427 g/mol. The number of aromatic nitrogens is 1. The Bertz CT molecular complexity index is 960. The van der Waals surface area contributed by atoms with Crippen LogP contribution in [0.1, 0.15) is 12.5 Å². The molecule has 1 aromatic heterocycles. The van der Waals surface area contributed by atoms with Gasteiger partial charge < -0.3 is 10.1 Å². The second-order valence-corrected chi connectivity index (χ2v) is 8.47. The molecule has 26 heavy (non-hydrogen) atoms. The number of nitrogens with one attached hydrogen (secondary N) is 1. The number of benzene rings is 2. The molecular weight excluding hydrogens is 411 g/mol. The summed E-state index contributed by atoms with van der Waals surface area (Å²) in [5.74, 6) is 0.860. The SMILES string of the molecule is CCOc1ccc2nc(SCC(=O)Nc3c(Cl)ccc(C)c3Cl)sc2c1. The Labute approximate surface area is 169 Å². The third kappa shape index (κ3) is 4.43. The van der Waals surface area contributed by atoms with Crippen LogP contribution in [-0.4, -0.2) is 23.3 Å². The lowest BCUT2D eigenvalue weighted by molar-refractivity contribution is -0.113. The van der Waals surface area contributed by atoms with Crippen molar-refractivity contribution in [2.24, 2.45) is 0 Å². The molecule has 0 aliphatic carbocycles. The molecule has 4 nitrogen and oxygen atoms in total. The fourth-order valence-electron chi connectivity index (χ4n) is 2.28. The Hall–Kier alpha value is -1.47. The van der Waals surface area contributed by atoms with Gasteiger partial charge in [-0.25, -0.2) is 4.98 Å². The molecule has 0 unspecified atom stereocenters. The molecular formula is C18H16Cl2N2O2S2. The minimum Gasteiger partial charge on any atom is -0.494 e. The molecule has 3 aromatic rings. The third-order valence-electron chi connectivity index (χ3n) is 3.53. The van der Waals surface area contributed by atoms with E-state index in [4.69, 9.17) is 27.9 Å². The molecule has 1 N–H and O–H groups in total. The lowest BCUT2D eigenvalue weighted by Crippen LogP contribution is -2.14. The Morgan fingerprint density at radius 3 is 2.88 bits per heavy atom. The number of aryl methyl sites for hydroxylation is 1. The Kier molecular flexibility index (Phi) is 6.29. The highest BCUT2D eigenvalue weighted by atomic mass is 35.5. The monoisotopic (exact) mass is 426 g/mol. The molecule has 1 heterocycles. The number of thiazole rings is 1. The highest BCUT2D eigenvalue weighted by Gasteiger charge is 2.13. The second kappa shape index (κ2) is 8.48. The van der Waals surface area contributed by atoms with E-state index < -0.39 is 0 Å². The van der Waals surface area contributed by atoms with Crippen molar-refractivity contribution in [3.63, 3.8) is 0 Å². The van der Waals surface area contributed by atoms with E-state index in [2.05, 4.69) is 10.3 Å². The number of anilines is 1. The molecule has 0 saturated carbocycles. The fraction of sp³-hybridized carbons (Fsp3) is 0.222. The van der Waals surface area contributed by atoms with Gasteiger partial charge >= 0.3 is 0 Å². The molecule has 136 valence electrons. The number of carbonyl (C=O) groups excluding carboxylic acids is 1. The topological polar surface area (TPSA) is 51.2 Å². The van der Waals surface area contributed by atoms with Crippen LogP contribution in [0, 0.1) is 6.92 Å². The van der Waals surface area contributed by atoms with Crippen LogP contribution in [-0.2, 0) is 4.79 Å². The Morgan fingerprint density at radius 1 is 1.31 bits per heavy atom. The van der Waals surface area contributed by atoms with Crippen LogP contribution in [0.25, 0.3) is 10.2 Å². The zero-order valence-electron chi connectivity index (χ0n) is 14.1. The van der Waals surface area contributed by atoms with E-state index in [1.165, 1.54) is 23.1 Å². The third-order valence-corrected chi connectivity index (χ3v) is 6.49. The number of carbonyl (C=O) groups is 1. The normalized spacial score (nSPS) is 10.9. The molecule has 2 aromatic carbocycles. The number of amides is 1. The zero-order chi connectivity index (χ0) is 18.7. The first-order chi connectivity index (χ1) is 12.5. The molecule has 0 aliphatic heterocycles. The van der Waals surface area contributed by atoms with E-state index in [9.17, 15) is 4.79 Å². The van der Waals surface area contributed by atoms with Gasteiger partial charge in [0.15, 0.2) is 4.34 Å². The minimum absolute atomic E-state index is 0.182. The van der Waals surface area contributed by atoms with Gasteiger partial charge in [0.25, 0.3) is 0 Å². The smallest absolute Gasteiger partial charge is 0.234 e. The highest BCUT2D eigenvalue weighted by molar-refractivity contribution is 8.01. The minimum atomic E-state index is -0.182. The van der Waals surface area contributed by atoms with Gasteiger partial charge in [0.05, 0.1) is 38.3 Å². The Balaban J connectivity index is 1.66. The summed E-state index contributed by atoms with van der Waals surface area (Å²) in [6.07, 6.45) is 0. The Morgan fingerprint density at radius 2 is 2.12 bits per heavy atom. The molecule has 0 atom stereocenters. The number of rotatable bonds is 6. The van der Waals surface area contributed by atoms with Crippen molar-refractivity contribution in [2.45, 2.75) is 18.2 Å². The van der Waals surface area contributed by atoms with Crippen LogP contribution in [0.5, 0.6) is 5.75 Å². The number of hydrogen-bond acceptors (Lipinski definition) is 5. The largest absolute Gasteiger partial charge is 0.494 e. The molecule has 1 amide bonds. The summed E-state index contributed by atoms with van der Waals surface area (Å²) in [4.78, 5) is 16.8. The van der Waals surface area contributed by atoms with E-state index in [1.54, 1.807) is 6.07 Å². The van der Waals surface area contributed by atoms with Gasteiger partial charge in [-0.2, -0.15) is 0 Å². The molecule has 0 radical (unpaired) electrons. The summed E-state index contributed by atoms with van der Waals surface area (Å²) in [6.45, 7) is 4.43. The number of fused-ring (bicyclic) bond motifs is 1. The number of thioether (sulfide) groups is 1. The van der Waals surface area contributed by atoms with Gasteiger partial charge in [0.2, 0.25) is 5.91 Å². The van der Waals surface area contributed by atoms with E-state index in [1.807, 2.05) is 38.1 Å². The standard InChI is InChI=1S/C18H16Cl2N2O2S2/c1-3-24-11-5-7-13-14(8-11)26-18(21-13)25-9-15(23)22-17-12(19)6-4-10(2)16(17)20/h4-8H,3,9H2,1-2H3,(H,22,23). The average Bonchev–Trinajstić information content (AvgIpc) is 3.03. The van der Waals surface area contributed by atoms with E-state index in [0.29, 0.717) is 22.3 Å². The van der Waals surface area contributed by atoms with Crippen molar-refractivity contribution in [2.75, 3.05) is 17.7 Å². The van der Waals surface area contributed by atoms with Gasteiger partial charge in [-0.3, -0.25) is 4.79 Å². The van der Waals surface area contributed by atoms with Crippen LogP contribution in [0.2, 0.25) is 10.0 Å². The summed E-state index contributed by atoms with van der Waals surface area (Å²) < 4.78 is 7.36. The maximum Gasteiger partial charge on any atom is 0.234 e. The first-order valence-electron chi connectivity index (χ1n) is 7.88. The summed E-state index contributed by atoms with van der Waals surface area (Å²) in [7, 11) is 0. The number of halogens is 2. The first kappa shape index (κ1) is 19.3. The lowest BCUT2D eigenvalue weighted by Gasteiger charge is -2.10. The summed E-state index contributed by atoms with van der Waals surface area (Å²) >= 11 is 15.3. The van der Waals surface area contributed by atoms with Crippen molar-refractivity contribution in [1.82, 2.24) is 4.98 Å². The van der Waals surface area contributed by atoms with Crippen molar-refractivity contribution < 1.29 is 9.53 Å². The van der Waals surface area contributed by atoms with Crippen LogP contribution >= 0.6 is 46.3 Å². The van der Waals surface area contributed by atoms with Gasteiger partial charge in [-0.15, -0.1) is 11.3 Å². The second-order valence-electron chi connectivity index (χ2n) is 5.43. The van der Waals surface area contributed by atoms with Gasteiger partial charge in [0.1, 0.15) is 5.75 Å². The van der Waals surface area contributed by atoms with Crippen LogP contribution in [0.15, 0.2) is 34.7 Å². The summed E-state index contributed by atoms with van der Waals surface area (Å²) in [5.41, 5.74) is 2.20. The summed E-state index contributed by atoms with van der Waals surface area (Å²) in [6, 6.07) is 9.32. The fourth-order valence-corrected chi connectivity index (χ4v) is 4.64.